The summed E-state index contributed by atoms with van der Waals surface area (Å²) in [4.78, 5) is 12.1. The average molecular weight is 810 g/mol. The highest BCUT2D eigenvalue weighted by Crippen LogP contribution is 2.63. The second-order valence-corrected chi connectivity index (χ2v) is 17.8. The second kappa shape index (κ2) is 16.0. The van der Waals surface area contributed by atoms with Gasteiger partial charge in [-0.15, -0.1) is 5.10 Å². The monoisotopic (exact) mass is 809 g/mol. The zero-order chi connectivity index (χ0) is 40.9. The number of aliphatic hydroxyl groups excluding tert-OH is 1. The molecule has 3 saturated heterocycles. The van der Waals surface area contributed by atoms with Gasteiger partial charge in [-0.25, -0.2) is 9.48 Å². The number of benzene rings is 2. The predicted octanol–water partition coefficient (Wildman–Crippen LogP) is 6.52. The summed E-state index contributed by atoms with van der Waals surface area (Å²) in [7, 11) is 0. The van der Waals surface area contributed by atoms with E-state index in [0.717, 1.165) is 36.8 Å². The molecule has 3 aromatic rings. The fraction of sp³-hybridized carbons (Fsp3) is 0.543. The third kappa shape index (κ3) is 7.94. The maximum absolute atomic E-state index is 12.1. The first kappa shape index (κ1) is 40.2. The summed E-state index contributed by atoms with van der Waals surface area (Å²) in [6.45, 7) is 14.5. The minimum absolute atomic E-state index is 0.0173. The highest BCUT2D eigenvalue weighted by atomic mass is 16.8. The van der Waals surface area contributed by atoms with E-state index in [9.17, 15) is 9.90 Å². The Bertz CT molecular complexity index is 2070. The zero-order valence-corrected chi connectivity index (χ0v) is 34.2. The molecule has 6 unspecified atom stereocenters. The van der Waals surface area contributed by atoms with E-state index in [4.69, 9.17) is 37.9 Å². The lowest BCUT2D eigenvalue weighted by atomic mass is 9.46. The van der Waals surface area contributed by atoms with Gasteiger partial charge in [0.25, 0.3) is 0 Å². The first-order valence-electron chi connectivity index (χ1n) is 20.9. The molecule has 59 heavy (non-hydrogen) atoms. The number of ether oxygens (including phenoxy) is 8. The normalized spacial score (nSPS) is 35.5. The minimum atomic E-state index is -0.968. The van der Waals surface area contributed by atoms with E-state index in [-0.39, 0.29) is 42.0 Å². The van der Waals surface area contributed by atoms with E-state index < -0.39 is 42.8 Å². The van der Waals surface area contributed by atoms with Crippen molar-refractivity contribution in [3.05, 3.63) is 114 Å². The van der Waals surface area contributed by atoms with Gasteiger partial charge in [0.15, 0.2) is 18.4 Å². The van der Waals surface area contributed by atoms with Crippen LogP contribution in [0.3, 0.4) is 0 Å². The molecule has 9 rings (SSSR count). The van der Waals surface area contributed by atoms with Crippen LogP contribution in [0, 0.1) is 22.7 Å². The van der Waals surface area contributed by atoms with Crippen LogP contribution < -0.4 is 4.74 Å². The lowest BCUT2D eigenvalue weighted by Gasteiger charge is -2.62. The number of rotatable bonds is 12. The first-order valence-corrected chi connectivity index (χ1v) is 20.9. The largest absolute Gasteiger partial charge is 0.487 e. The van der Waals surface area contributed by atoms with Crippen molar-refractivity contribution in [2.75, 3.05) is 13.2 Å². The molecule has 1 aromatic heterocycles. The molecule has 1 N–H and O–H groups in total. The molecule has 13 nitrogen and oxygen atoms in total. The van der Waals surface area contributed by atoms with E-state index in [0.29, 0.717) is 42.8 Å². The Morgan fingerprint density at radius 3 is 2.61 bits per heavy atom. The molecule has 2 saturated carbocycles. The first-order chi connectivity index (χ1) is 28.4. The Morgan fingerprint density at radius 1 is 1.02 bits per heavy atom. The highest BCUT2D eigenvalue weighted by Gasteiger charge is 2.60. The van der Waals surface area contributed by atoms with Gasteiger partial charge in [0.1, 0.15) is 49.1 Å². The number of aromatic nitrogens is 3. The van der Waals surface area contributed by atoms with E-state index >= 15 is 0 Å². The van der Waals surface area contributed by atoms with Gasteiger partial charge in [-0.2, -0.15) is 0 Å². The van der Waals surface area contributed by atoms with Gasteiger partial charge in [0, 0.05) is 16.9 Å². The van der Waals surface area contributed by atoms with Crippen molar-refractivity contribution in [1.82, 2.24) is 15.0 Å². The number of carbonyl (C=O) groups is 1. The van der Waals surface area contributed by atoms with Crippen LogP contribution in [0.15, 0.2) is 96.7 Å². The molecule has 5 heterocycles. The van der Waals surface area contributed by atoms with Crippen LogP contribution in [-0.4, -0.2) is 81.9 Å². The molecule has 0 spiro atoms. The molecule has 2 aromatic carbocycles. The Morgan fingerprint density at radius 2 is 1.83 bits per heavy atom. The molecule has 13 heteroatoms. The third-order valence-electron chi connectivity index (χ3n) is 13.4. The van der Waals surface area contributed by atoms with Gasteiger partial charge >= 0.3 is 5.97 Å². The molecular weight excluding hydrogens is 755 g/mol. The molecule has 5 fully saturated rings. The molecule has 0 radical (unpaired) electrons. The third-order valence-corrected chi connectivity index (χ3v) is 13.4. The van der Waals surface area contributed by atoms with E-state index in [1.807, 2.05) is 80.6 Å². The second-order valence-electron chi connectivity index (χ2n) is 17.8. The standard InChI is InChI=1S/C46H55N3O10/c1-28-11-18-36-45(4,34(28)17-14-30-20-22-52-41(30)51)21-19-37-46(36,5)27-55-42(56-37)31-12-15-33(16-13-31)53-26-32-23-49(48-47-32)24-35(50)38-39(54-25-29-9-7-6-8-10-29)40-43(57-38)59-44(2,3)58-40/h6-10,12-17,20,23,34-40,42-43,50H,1,11,18-19,21-22,24-27H2,2-5H3/b17-14+/t34-,35?,36+,37?,38?,39-,40?,42?,43?,45+,46+/m1/s1. The smallest absolute Gasteiger partial charge is 0.338 e. The predicted molar refractivity (Wildman–Crippen MR) is 213 cm³/mol. The Kier molecular flexibility index (Phi) is 10.9. The molecule has 6 aliphatic rings. The SMILES string of the molecule is C=C1CC[C@H]2[C@@](C)(CCC3OC(c4ccc(OCc5cn(CC(O)C6OC7OC(C)(C)OC7[C@@H]6OCc6ccccc6)nn5)cc4)OC[C@]32C)[C@@H]1/C=C/C1=CCOC1=O. The number of carbonyl (C=O) groups excluding carboxylic acids is 1. The molecule has 11 atom stereocenters. The van der Waals surface area contributed by atoms with Crippen LogP contribution in [0.1, 0.15) is 76.5 Å². The zero-order valence-electron chi connectivity index (χ0n) is 34.2. The maximum Gasteiger partial charge on any atom is 0.338 e. The van der Waals surface area contributed by atoms with Crippen molar-refractivity contribution in [1.29, 1.82) is 0 Å². The van der Waals surface area contributed by atoms with Gasteiger partial charge in [-0.05, 0) is 74.6 Å². The summed E-state index contributed by atoms with van der Waals surface area (Å²) in [6.07, 6.45) is 7.84. The van der Waals surface area contributed by atoms with Crippen LogP contribution >= 0.6 is 0 Å². The fourth-order valence-corrected chi connectivity index (χ4v) is 10.4. The summed E-state index contributed by atoms with van der Waals surface area (Å²) >= 11 is 0. The number of nitrogens with zero attached hydrogens (tertiary/aromatic N) is 3. The number of hydrogen-bond acceptors (Lipinski definition) is 12. The van der Waals surface area contributed by atoms with Gasteiger partial charge in [-0.1, -0.05) is 85.8 Å². The van der Waals surface area contributed by atoms with Crippen LogP contribution in [-0.2, 0) is 57.7 Å². The topological polar surface area (TPSA) is 142 Å². The van der Waals surface area contributed by atoms with Crippen LogP contribution in [0.25, 0.3) is 0 Å². The van der Waals surface area contributed by atoms with Gasteiger partial charge in [-0.3, -0.25) is 0 Å². The van der Waals surface area contributed by atoms with Crippen molar-refractivity contribution in [2.24, 2.45) is 22.7 Å². The number of aliphatic hydroxyl groups is 1. The van der Waals surface area contributed by atoms with E-state index in [1.54, 1.807) is 10.9 Å². The van der Waals surface area contributed by atoms with Gasteiger partial charge in [0.05, 0.1) is 37.6 Å². The maximum atomic E-state index is 12.1. The molecule has 0 bridgehead atoms. The molecule has 314 valence electrons. The van der Waals surface area contributed by atoms with Crippen LogP contribution in [0.5, 0.6) is 5.75 Å². The minimum Gasteiger partial charge on any atom is -0.487 e. The quantitative estimate of drug-likeness (QED) is 0.157. The van der Waals surface area contributed by atoms with E-state index in [2.05, 4.69) is 36.8 Å². The Hall–Kier alpha value is -4.21. The van der Waals surface area contributed by atoms with Gasteiger partial charge in [0.2, 0.25) is 0 Å². The molecular formula is C46H55N3O10. The van der Waals surface area contributed by atoms with Crippen molar-refractivity contribution < 1.29 is 47.8 Å². The van der Waals surface area contributed by atoms with Crippen molar-refractivity contribution >= 4 is 5.97 Å². The lowest BCUT2D eigenvalue weighted by Crippen LogP contribution is -2.60. The average Bonchev–Trinajstić information content (AvgIpc) is 3.99. The number of fused-ring (bicyclic) bond motifs is 4. The van der Waals surface area contributed by atoms with Crippen molar-refractivity contribution in [2.45, 2.75) is 122 Å². The number of hydrogen-bond donors (Lipinski definition) is 1. The van der Waals surface area contributed by atoms with Crippen molar-refractivity contribution in [3.63, 3.8) is 0 Å². The Labute approximate surface area is 345 Å². The molecule has 4 aliphatic heterocycles. The van der Waals surface area contributed by atoms with Crippen molar-refractivity contribution in [3.8, 4) is 5.75 Å². The highest BCUT2D eigenvalue weighted by molar-refractivity contribution is 5.93. The van der Waals surface area contributed by atoms with Crippen LogP contribution in [0.2, 0.25) is 0 Å². The molecule has 2 aliphatic carbocycles. The van der Waals surface area contributed by atoms with Crippen LogP contribution in [0.4, 0.5) is 0 Å². The van der Waals surface area contributed by atoms with E-state index in [1.165, 1.54) is 5.57 Å². The number of cyclic esters (lactones) is 1. The number of esters is 1. The summed E-state index contributed by atoms with van der Waals surface area (Å²) in [5, 5.41) is 19.9. The Balaban J connectivity index is 0.781. The van der Waals surface area contributed by atoms with Gasteiger partial charge < -0.3 is 43.0 Å². The fourth-order valence-electron chi connectivity index (χ4n) is 10.4. The number of allylic oxidation sites excluding steroid dienone is 2. The summed E-state index contributed by atoms with van der Waals surface area (Å²) < 4.78 is 50.6. The summed E-state index contributed by atoms with van der Waals surface area (Å²) in [5.41, 5.74) is 4.23. The summed E-state index contributed by atoms with van der Waals surface area (Å²) in [6, 6.07) is 17.7. The summed E-state index contributed by atoms with van der Waals surface area (Å²) in [5.74, 6) is 0.139. The molecule has 0 amide bonds. The lowest BCUT2D eigenvalue weighted by molar-refractivity contribution is -0.306.